The van der Waals surface area contributed by atoms with Gasteiger partial charge >= 0.3 is 5.97 Å². The Bertz CT molecular complexity index is 906. The number of methoxy groups -OCH3 is 1. The van der Waals surface area contributed by atoms with Crippen molar-refractivity contribution < 1.29 is 23.1 Å². The molecular formula is C17H15NO5S. The highest BCUT2D eigenvalue weighted by Crippen LogP contribution is 2.42. The third-order valence-electron chi connectivity index (χ3n) is 3.73. The Morgan fingerprint density at radius 3 is 2.42 bits per heavy atom. The van der Waals surface area contributed by atoms with E-state index in [9.17, 15) is 18.3 Å². The summed E-state index contributed by atoms with van der Waals surface area (Å²) in [5.74, 6) is -0.669. The number of carbonyl (C=O) groups is 1. The number of para-hydroxylation sites is 1. The maximum Gasteiger partial charge on any atom is 0.330 e. The monoisotopic (exact) mass is 345 g/mol. The first kappa shape index (κ1) is 16.2. The van der Waals surface area contributed by atoms with Crippen molar-refractivity contribution in [3.8, 4) is 0 Å². The molecule has 0 bridgehead atoms. The fourth-order valence-corrected chi connectivity index (χ4v) is 4.14. The summed E-state index contributed by atoms with van der Waals surface area (Å²) in [6, 6.07) is 14.4. The molecule has 3 rings (SSSR count). The lowest BCUT2D eigenvalue weighted by Crippen LogP contribution is -2.37. The molecule has 0 fully saturated rings. The molecule has 1 atom stereocenters. The Labute approximate surface area is 139 Å². The lowest BCUT2D eigenvalue weighted by molar-refractivity contribution is -0.134. The van der Waals surface area contributed by atoms with Crippen molar-refractivity contribution in [2.24, 2.45) is 0 Å². The van der Waals surface area contributed by atoms with Gasteiger partial charge in [-0.15, -0.1) is 0 Å². The average molecular weight is 345 g/mol. The first-order chi connectivity index (χ1) is 11.5. The van der Waals surface area contributed by atoms with Crippen LogP contribution in [0.3, 0.4) is 0 Å². The summed E-state index contributed by atoms with van der Waals surface area (Å²) in [4.78, 5) is 11.6. The van der Waals surface area contributed by atoms with E-state index in [4.69, 9.17) is 0 Å². The van der Waals surface area contributed by atoms with E-state index >= 15 is 0 Å². The second-order valence-corrected chi connectivity index (χ2v) is 6.94. The lowest BCUT2D eigenvalue weighted by Gasteiger charge is -2.23. The third kappa shape index (κ3) is 2.57. The van der Waals surface area contributed by atoms with Gasteiger partial charge in [0.05, 0.1) is 17.7 Å². The van der Waals surface area contributed by atoms with Gasteiger partial charge in [-0.05, 0) is 18.2 Å². The van der Waals surface area contributed by atoms with Crippen molar-refractivity contribution in [3.05, 3.63) is 66.2 Å². The van der Waals surface area contributed by atoms with Crippen LogP contribution in [0.4, 0.5) is 5.69 Å². The molecule has 1 heterocycles. The fraction of sp³-hybridized carbons (Fsp3) is 0.118. The van der Waals surface area contributed by atoms with E-state index in [1.165, 1.54) is 19.2 Å². The molecule has 0 amide bonds. The number of hydrogen-bond donors (Lipinski definition) is 1. The molecule has 0 saturated carbocycles. The van der Waals surface area contributed by atoms with Crippen LogP contribution in [0, 0.1) is 0 Å². The standard InChI is InChI=1S/C17H15NO5S/c1-23-16(19)11-14-13-9-5-6-10-15(13)18(17(14)20)24(21,22)12-7-3-2-4-8-12/h2-11,17,20H,1H3/b14-11-. The minimum Gasteiger partial charge on any atom is -0.466 e. The van der Waals surface area contributed by atoms with Crippen LogP contribution in [0.5, 0.6) is 0 Å². The largest absolute Gasteiger partial charge is 0.466 e. The molecule has 0 radical (unpaired) electrons. The van der Waals surface area contributed by atoms with Crippen molar-refractivity contribution in [3.63, 3.8) is 0 Å². The maximum atomic E-state index is 12.9. The number of benzene rings is 2. The van der Waals surface area contributed by atoms with E-state index in [2.05, 4.69) is 4.74 Å². The highest BCUT2D eigenvalue weighted by atomic mass is 32.2. The predicted octanol–water partition coefficient (Wildman–Crippen LogP) is 1.77. The SMILES string of the molecule is COC(=O)/C=C1/c2ccccc2N(S(=O)(=O)c2ccccc2)C1O. The number of esters is 1. The Morgan fingerprint density at radius 1 is 1.12 bits per heavy atom. The van der Waals surface area contributed by atoms with Gasteiger partial charge in [0.15, 0.2) is 6.23 Å². The van der Waals surface area contributed by atoms with E-state index in [0.717, 1.165) is 10.4 Å². The zero-order valence-electron chi connectivity index (χ0n) is 12.8. The van der Waals surface area contributed by atoms with Crippen LogP contribution in [-0.4, -0.2) is 32.8 Å². The number of rotatable bonds is 3. The van der Waals surface area contributed by atoms with Gasteiger partial charge in [0, 0.05) is 17.2 Å². The summed E-state index contributed by atoms with van der Waals surface area (Å²) in [6.45, 7) is 0. The summed E-state index contributed by atoms with van der Waals surface area (Å²) in [7, 11) is -2.77. The Balaban J connectivity index is 2.17. The third-order valence-corrected chi connectivity index (χ3v) is 5.51. The normalized spacial score (nSPS) is 18.5. The summed E-state index contributed by atoms with van der Waals surface area (Å²) >= 11 is 0. The molecule has 2 aromatic rings. The number of ether oxygens (including phenoxy) is 1. The van der Waals surface area contributed by atoms with Crippen LogP contribution < -0.4 is 4.31 Å². The van der Waals surface area contributed by atoms with E-state index in [1.807, 2.05) is 0 Å². The molecule has 24 heavy (non-hydrogen) atoms. The molecule has 2 aromatic carbocycles. The Morgan fingerprint density at radius 2 is 1.75 bits per heavy atom. The number of nitrogens with zero attached hydrogens (tertiary/aromatic N) is 1. The molecule has 6 nitrogen and oxygen atoms in total. The van der Waals surface area contributed by atoms with Gasteiger partial charge in [-0.25, -0.2) is 17.5 Å². The summed E-state index contributed by atoms with van der Waals surface area (Å²) in [6.07, 6.45) is -0.406. The van der Waals surface area contributed by atoms with Gasteiger partial charge < -0.3 is 9.84 Å². The number of sulfonamides is 1. The minimum atomic E-state index is -3.99. The van der Waals surface area contributed by atoms with Crippen molar-refractivity contribution in [2.45, 2.75) is 11.1 Å². The van der Waals surface area contributed by atoms with Gasteiger partial charge in [0.2, 0.25) is 0 Å². The highest BCUT2D eigenvalue weighted by molar-refractivity contribution is 7.93. The molecule has 1 N–H and O–H groups in total. The molecular weight excluding hydrogens is 330 g/mol. The number of anilines is 1. The number of aliphatic hydroxyl groups excluding tert-OH is 1. The van der Waals surface area contributed by atoms with Crippen molar-refractivity contribution >= 4 is 27.3 Å². The minimum absolute atomic E-state index is 0.0539. The highest BCUT2D eigenvalue weighted by Gasteiger charge is 2.40. The van der Waals surface area contributed by atoms with Crippen molar-refractivity contribution in [2.75, 3.05) is 11.4 Å². The molecule has 1 aliphatic heterocycles. The van der Waals surface area contributed by atoms with Gasteiger partial charge in [-0.2, -0.15) is 0 Å². The Kier molecular flexibility index (Phi) is 4.13. The smallest absolute Gasteiger partial charge is 0.330 e. The van der Waals surface area contributed by atoms with Gasteiger partial charge in [0.1, 0.15) is 0 Å². The zero-order valence-corrected chi connectivity index (χ0v) is 13.6. The van der Waals surface area contributed by atoms with E-state index in [-0.39, 0.29) is 10.5 Å². The fourth-order valence-electron chi connectivity index (χ4n) is 2.61. The predicted molar refractivity (Wildman–Crippen MR) is 88.5 cm³/mol. The molecule has 0 saturated heterocycles. The van der Waals surface area contributed by atoms with Gasteiger partial charge in [-0.1, -0.05) is 36.4 Å². The molecule has 1 aliphatic rings. The second-order valence-electron chi connectivity index (χ2n) is 5.13. The van der Waals surface area contributed by atoms with Crippen molar-refractivity contribution in [1.82, 2.24) is 0 Å². The average Bonchev–Trinajstić information content (AvgIpc) is 2.88. The van der Waals surface area contributed by atoms with Crippen LogP contribution in [0.1, 0.15) is 5.56 Å². The number of hydrogen-bond acceptors (Lipinski definition) is 5. The van der Waals surface area contributed by atoms with Crippen LogP contribution >= 0.6 is 0 Å². The van der Waals surface area contributed by atoms with Crippen LogP contribution in [0.2, 0.25) is 0 Å². The van der Waals surface area contributed by atoms with Gasteiger partial charge in [-0.3, -0.25) is 0 Å². The summed E-state index contributed by atoms with van der Waals surface area (Å²) in [5.41, 5.74) is 0.955. The van der Waals surface area contributed by atoms with Gasteiger partial charge in [0.25, 0.3) is 10.0 Å². The van der Waals surface area contributed by atoms with E-state index in [0.29, 0.717) is 11.3 Å². The molecule has 0 aliphatic carbocycles. The molecule has 1 unspecified atom stereocenters. The molecule has 0 spiro atoms. The zero-order chi connectivity index (χ0) is 17.3. The van der Waals surface area contributed by atoms with E-state index in [1.54, 1.807) is 42.5 Å². The first-order valence-electron chi connectivity index (χ1n) is 7.13. The maximum absolute atomic E-state index is 12.9. The van der Waals surface area contributed by atoms with Crippen LogP contribution in [-0.2, 0) is 19.6 Å². The summed E-state index contributed by atoms with van der Waals surface area (Å²) < 4.78 is 31.4. The second kappa shape index (κ2) is 6.10. The first-order valence-corrected chi connectivity index (χ1v) is 8.57. The quantitative estimate of drug-likeness (QED) is 0.677. The molecule has 0 aromatic heterocycles. The number of aliphatic hydroxyl groups is 1. The van der Waals surface area contributed by atoms with Crippen LogP contribution in [0.25, 0.3) is 5.57 Å². The molecule has 124 valence electrons. The van der Waals surface area contributed by atoms with Crippen molar-refractivity contribution in [1.29, 1.82) is 0 Å². The van der Waals surface area contributed by atoms with Crippen LogP contribution in [0.15, 0.2) is 65.6 Å². The topological polar surface area (TPSA) is 83.9 Å². The lowest BCUT2D eigenvalue weighted by atomic mass is 10.1. The Hall–Kier alpha value is -2.64. The number of fused-ring (bicyclic) bond motifs is 1. The summed E-state index contributed by atoms with van der Waals surface area (Å²) in [5, 5.41) is 10.6. The number of carbonyl (C=O) groups excluding carboxylic acids is 1. The van der Waals surface area contributed by atoms with E-state index < -0.39 is 22.2 Å². The molecule has 7 heteroatoms.